The molecule has 3 heterocycles. The van der Waals surface area contributed by atoms with E-state index in [-0.39, 0.29) is 30.4 Å². The van der Waals surface area contributed by atoms with Crippen molar-refractivity contribution < 1.29 is 14.3 Å². The van der Waals surface area contributed by atoms with Crippen molar-refractivity contribution in [3.8, 4) is 0 Å². The predicted octanol–water partition coefficient (Wildman–Crippen LogP) is 2.85. The minimum atomic E-state index is -0.699. The van der Waals surface area contributed by atoms with E-state index in [0.29, 0.717) is 6.54 Å². The van der Waals surface area contributed by atoms with Crippen LogP contribution in [0.5, 0.6) is 0 Å². The predicted molar refractivity (Wildman–Crippen MR) is 105 cm³/mol. The topological polar surface area (TPSA) is 65.8 Å². The number of aliphatic hydroxyl groups is 1. The lowest BCUT2D eigenvalue weighted by atomic mass is 9.88. The molecule has 28 heavy (non-hydrogen) atoms. The van der Waals surface area contributed by atoms with Gasteiger partial charge in [-0.2, -0.15) is 0 Å². The van der Waals surface area contributed by atoms with Gasteiger partial charge in [-0.25, -0.2) is 4.39 Å². The van der Waals surface area contributed by atoms with E-state index in [1.165, 1.54) is 18.6 Å². The van der Waals surface area contributed by atoms with Gasteiger partial charge in [0, 0.05) is 49.3 Å². The highest BCUT2D eigenvalue weighted by Crippen LogP contribution is 2.26. The number of aliphatic imine (C=N–C) groups is 1. The molecule has 2 aromatic rings. The number of rotatable bonds is 6. The molecule has 146 valence electrons. The molecule has 0 unspecified atom stereocenters. The molecule has 4 rings (SSSR count). The maximum Gasteiger partial charge on any atom is 0.139 e. The molecule has 0 radical (unpaired) electrons. The van der Waals surface area contributed by atoms with Crippen LogP contribution in [0.4, 0.5) is 4.39 Å². The lowest BCUT2D eigenvalue weighted by Crippen LogP contribution is -2.42. The number of aliphatic hydroxyl groups excluding tert-OH is 1. The fourth-order valence-electron chi connectivity index (χ4n) is 3.82. The number of aromatic nitrogens is 1. The van der Waals surface area contributed by atoms with Crippen molar-refractivity contribution in [1.29, 1.82) is 0 Å². The third-order valence-corrected chi connectivity index (χ3v) is 5.55. The normalized spacial score (nSPS) is 17.5. The Kier molecular flexibility index (Phi) is 5.22. The number of benzene rings is 1. The van der Waals surface area contributed by atoms with Gasteiger partial charge in [0.05, 0.1) is 12.6 Å². The molecule has 1 aromatic carbocycles. The molecule has 2 atom stereocenters. The van der Waals surface area contributed by atoms with Crippen LogP contribution in [0.1, 0.15) is 48.1 Å². The molecule has 6 heteroatoms. The van der Waals surface area contributed by atoms with E-state index in [1.54, 1.807) is 19.1 Å². The van der Waals surface area contributed by atoms with E-state index in [9.17, 15) is 14.3 Å². The number of hydrogen-bond acceptors (Lipinski definition) is 5. The average molecular weight is 381 g/mol. The van der Waals surface area contributed by atoms with Crippen LogP contribution in [0.3, 0.4) is 0 Å². The summed E-state index contributed by atoms with van der Waals surface area (Å²) in [6, 6.07) is 7.93. The monoisotopic (exact) mass is 381 g/mol. The van der Waals surface area contributed by atoms with Gasteiger partial charge in [-0.1, -0.05) is 12.1 Å². The Bertz CT molecular complexity index is 904. The van der Waals surface area contributed by atoms with E-state index >= 15 is 0 Å². The summed E-state index contributed by atoms with van der Waals surface area (Å²) in [4.78, 5) is 24.0. The number of likely N-dealkylation sites (tertiary alicyclic amines) is 1. The number of fused-ring (bicyclic) bond motifs is 1. The van der Waals surface area contributed by atoms with Gasteiger partial charge in [0.15, 0.2) is 0 Å². The molecule has 2 aliphatic rings. The van der Waals surface area contributed by atoms with Crippen LogP contribution in [0, 0.1) is 5.82 Å². The molecule has 5 nitrogen and oxygen atoms in total. The number of carbonyl (C=O) groups is 1. The Morgan fingerprint density at radius 1 is 1.29 bits per heavy atom. The van der Waals surface area contributed by atoms with E-state index in [0.717, 1.165) is 41.3 Å². The average Bonchev–Trinajstić information content (AvgIpc) is 3.02. The second kappa shape index (κ2) is 7.80. The molecule has 0 bridgehead atoms. The molecule has 0 amide bonds. The molecule has 2 aliphatic heterocycles. The lowest BCUT2D eigenvalue weighted by Gasteiger charge is -2.33. The van der Waals surface area contributed by atoms with Crippen molar-refractivity contribution in [2.24, 2.45) is 4.99 Å². The van der Waals surface area contributed by atoms with Gasteiger partial charge in [-0.15, -0.1) is 0 Å². The zero-order valence-corrected chi connectivity index (χ0v) is 15.9. The molecule has 1 N–H and O–H groups in total. The number of nitrogens with zero attached hydrogens (tertiary/aromatic N) is 3. The fraction of sp³-hybridized carbons (Fsp3) is 0.409. The standard InChI is InChI=1S/C22H24FN3O2/c1-14(27)20(15-3-5-17(23)6-4-15)11-19(28)10-18-9-16-12-25-22(21(16)13-24-18)26-7-2-8-26/h3-6,9,13-14,20,27H,2,7-8,10-12H2,1H3/t14-,20-/m1/s1. The summed E-state index contributed by atoms with van der Waals surface area (Å²) in [5.41, 5.74) is 3.68. The van der Waals surface area contributed by atoms with Crippen molar-refractivity contribution in [3.05, 3.63) is 64.7 Å². The number of ketones is 1. The largest absolute Gasteiger partial charge is 0.393 e. The van der Waals surface area contributed by atoms with Crippen molar-refractivity contribution in [3.63, 3.8) is 0 Å². The Morgan fingerprint density at radius 3 is 2.68 bits per heavy atom. The molecule has 1 aromatic heterocycles. The van der Waals surface area contributed by atoms with Crippen molar-refractivity contribution in [2.45, 2.75) is 44.8 Å². The van der Waals surface area contributed by atoms with Crippen molar-refractivity contribution in [2.75, 3.05) is 13.1 Å². The van der Waals surface area contributed by atoms with Gasteiger partial charge in [0.1, 0.15) is 17.4 Å². The van der Waals surface area contributed by atoms with E-state index in [2.05, 4.69) is 14.9 Å². The van der Waals surface area contributed by atoms with E-state index < -0.39 is 6.10 Å². The van der Waals surface area contributed by atoms with Crippen LogP contribution in [-0.4, -0.2) is 45.8 Å². The maximum absolute atomic E-state index is 13.2. The van der Waals surface area contributed by atoms with Crippen LogP contribution in [0.2, 0.25) is 0 Å². The first-order chi connectivity index (χ1) is 13.5. The summed E-state index contributed by atoms with van der Waals surface area (Å²) < 4.78 is 13.2. The number of pyridine rings is 1. The van der Waals surface area contributed by atoms with Crippen LogP contribution < -0.4 is 0 Å². The Morgan fingerprint density at radius 2 is 2.04 bits per heavy atom. The zero-order chi connectivity index (χ0) is 19.7. The van der Waals surface area contributed by atoms with Gasteiger partial charge in [0.2, 0.25) is 0 Å². The summed E-state index contributed by atoms with van der Waals surface area (Å²) in [6.45, 7) is 4.38. The summed E-state index contributed by atoms with van der Waals surface area (Å²) in [6.07, 6.45) is 2.74. The molecule has 0 aliphatic carbocycles. The molecular weight excluding hydrogens is 357 g/mol. The summed E-state index contributed by atoms with van der Waals surface area (Å²) in [7, 11) is 0. The number of carbonyl (C=O) groups excluding carboxylic acids is 1. The van der Waals surface area contributed by atoms with Crippen LogP contribution in [0.15, 0.2) is 41.5 Å². The van der Waals surface area contributed by atoms with Gasteiger partial charge >= 0.3 is 0 Å². The highest BCUT2D eigenvalue weighted by Gasteiger charge is 2.26. The second-order valence-electron chi connectivity index (χ2n) is 7.63. The molecule has 0 spiro atoms. The first-order valence-electron chi connectivity index (χ1n) is 9.74. The minimum Gasteiger partial charge on any atom is -0.393 e. The zero-order valence-electron chi connectivity index (χ0n) is 15.9. The smallest absolute Gasteiger partial charge is 0.139 e. The quantitative estimate of drug-likeness (QED) is 0.836. The van der Waals surface area contributed by atoms with Crippen molar-refractivity contribution >= 4 is 11.6 Å². The summed E-state index contributed by atoms with van der Waals surface area (Å²) >= 11 is 0. The fourth-order valence-corrected chi connectivity index (χ4v) is 3.82. The lowest BCUT2D eigenvalue weighted by molar-refractivity contribution is -0.119. The molecule has 1 saturated heterocycles. The van der Waals surface area contributed by atoms with Gasteiger partial charge < -0.3 is 10.0 Å². The van der Waals surface area contributed by atoms with Crippen molar-refractivity contribution in [1.82, 2.24) is 9.88 Å². The van der Waals surface area contributed by atoms with Crippen LogP contribution in [-0.2, 0) is 17.8 Å². The molecule has 1 fully saturated rings. The SMILES string of the molecule is C[C@@H](O)[C@@H](CC(=O)Cc1cc2c(cn1)C(N1CCC1)=NC2)c1ccc(F)cc1. The second-order valence-corrected chi connectivity index (χ2v) is 7.63. The highest BCUT2D eigenvalue weighted by molar-refractivity contribution is 6.02. The van der Waals surface area contributed by atoms with Crippen LogP contribution >= 0.6 is 0 Å². The summed E-state index contributed by atoms with van der Waals surface area (Å²) in [5, 5.41) is 10.1. The summed E-state index contributed by atoms with van der Waals surface area (Å²) in [5.74, 6) is 0.340. The Hall–Kier alpha value is -2.60. The number of Topliss-reactive ketones (excluding diaryl/α,β-unsaturated/α-hetero) is 1. The number of halogens is 1. The van der Waals surface area contributed by atoms with Gasteiger partial charge in [0.25, 0.3) is 0 Å². The van der Waals surface area contributed by atoms with Gasteiger partial charge in [-0.3, -0.25) is 14.8 Å². The maximum atomic E-state index is 13.2. The third-order valence-electron chi connectivity index (χ3n) is 5.55. The van der Waals surface area contributed by atoms with E-state index in [1.807, 2.05) is 12.3 Å². The first kappa shape index (κ1) is 18.7. The Balaban J connectivity index is 1.43. The van der Waals surface area contributed by atoms with Gasteiger partial charge in [-0.05, 0) is 42.7 Å². The third kappa shape index (κ3) is 3.83. The minimum absolute atomic E-state index is 0.00422. The van der Waals surface area contributed by atoms with E-state index in [4.69, 9.17) is 0 Å². The highest BCUT2D eigenvalue weighted by atomic mass is 19.1. The molecule has 0 saturated carbocycles. The Labute approximate surface area is 163 Å². The van der Waals surface area contributed by atoms with Crippen LogP contribution in [0.25, 0.3) is 0 Å². The molecular formula is C22H24FN3O2. The number of amidine groups is 1. The first-order valence-corrected chi connectivity index (χ1v) is 9.74. The number of hydrogen-bond donors (Lipinski definition) is 1.